The fourth-order valence-corrected chi connectivity index (χ4v) is 5.91. The van der Waals surface area contributed by atoms with Crippen LogP contribution in [-0.4, -0.2) is 18.0 Å². The Morgan fingerprint density at radius 3 is 1.01 bits per heavy atom. The number of carbonyl (C=O) groups is 1. The van der Waals surface area contributed by atoms with Crippen LogP contribution in [0.3, 0.4) is 0 Å². The summed E-state index contributed by atoms with van der Waals surface area (Å²) in [6.07, 6.45) is -12.7. The van der Waals surface area contributed by atoms with Crippen LogP contribution in [-0.2, 0) is 24.9 Å². The van der Waals surface area contributed by atoms with E-state index in [1.54, 1.807) is 0 Å². The zero-order valence-corrected chi connectivity index (χ0v) is 35.1. The predicted octanol–water partition coefficient (Wildman–Crippen LogP) is 16.3. The van der Waals surface area contributed by atoms with Gasteiger partial charge in [-0.2, -0.15) is 39.5 Å². The maximum absolute atomic E-state index is 13.8. The molecule has 0 spiro atoms. The monoisotopic (exact) mass is 1020 g/mol. The smallest absolute Gasteiger partial charge is 0.417 e. The minimum absolute atomic E-state index is 0.0350. The lowest BCUT2D eigenvalue weighted by Crippen LogP contribution is -2.06. The van der Waals surface area contributed by atoms with Crippen molar-refractivity contribution in [3.05, 3.63) is 181 Å². The van der Waals surface area contributed by atoms with Crippen molar-refractivity contribution in [1.82, 2.24) is 0 Å². The number of aliphatic hydroxyl groups is 1. The summed E-state index contributed by atoms with van der Waals surface area (Å²) in [5, 5.41) is 7.08. The highest BCUT2D eigenvalue weighted by Gasteiger charge is 2.36. The summed E-state index contributed by atoms with van der Waals surface area (Å²) in [7, 11) is 0. The van der Waals surface area contributed by atoms with Crippen LogP contribution in [0, 0.1) is 34.9 Å². The average molecular weight is 1020 g/mol. The highest BCUT2D eigenvalue weighted by atomic mass is 35.5. The van der Waals surface area contributed by atoms with Gasteiger partial charge in [-0.3, -0.25) is 4.79 Å². The normalized spacial score (nSPS) is 11.4. The Balaban J connectivity index is 0.000000219. The van der Waals surface area contributed by atoms with Crippen molar-refractivity contribution >= 4 is 47.2 Å². The Labute approximate surface area is 383 Å². The molecule has 0 heterocycles. The van der Waals surface area contributed by atoms with Gasteiger partial charge in [0.05, 0.1) is 31.8 Å². The van der Waals surface area contributed by atoms with E-state index in [1.165, 1.54) is 6.08 Å². The van der Waals surface area contributed by atoms with Crippen molar-refractivity contribution in [3.63, 3.8) is 0 Å². The van der Waals surface area contributed by atoms with E-state index in [9.17, 15) is 70.7 Å². The predicted molar refractivity (Wildman–Crippen MR) is 215 cm³/mol. The molecule has 6 rings (SSSR count). The lowest BCUT2D eigenvalue weighted by Gasteiger charge is -2.13. The summed E-state index contributed by atoms with van der Waals surface area (Å²) in [5.41, 5.74) is -3.42. The van der Waals surface area contributed by atoms with E-state index in [4.69, 9.17) is 54.1 Å². The summed E-state index contributed by atoms with van der Waals surface area (Å²) in [6.45, 7) is 3.06. The summed E-state index contributed by atoms with van der Waals surface area (Å²) < 4.78 is 212. The first-order valence-corrected chi connectivity index (χ1v) is 19.1. The zero-order chi connectivity index (χ0) is 50.2. The van der Waals surface area contributed by atoms with Crippen molar-refractivity contribution in [2.45, 2.75) is 24.9 Å². The minimum Gasteiger partial charge on any atom is -0.451 e. The second-order valence-corrected chi connectivity index (χ2v) is 14.3. The van der Waals surface area contributed by atoms with Gasteiger partial charge in [0, 0.05) is 12.2 Å². The van der Waals surface area contributed by atoms with Gasteiger partial charge in [-0.1, -0.05) is 47.5 Å². The van der Waals surface area contributed by atoms with Crippen LogP contribution in [0.5, 0.6) is 34.5 Å². The molecule has 0 atom stereocenters. The number of hydrogen-bond acceptors (Lipinski definition) is 5. The number of hydrogen-bond donors (Lipinski definition) is 1. The lowest BCUT2D eigenvalue weighted by atomic mass is 10.1. The molecule has 0 aliphatic heterocycles. The number of halogens is 18. The molecule has 356 valence electrons. The topological polar surface area (TPSA) is 65.0 Å². The number of aliphatic hydroxyl groups excluding tert-OH is 1. The molecule has 0 fully saturated rings. The number of rotatable bonds is 10. The van der Waals surface area contributed by atoms with Crippen LogP contribution in [0.2, 0.25) is 15.1 Å². The largest absolute Gasteiger partial charge is 0.451 e. The Bertz CT molecular complexity index is 2570. The molecule has 0 saturated heterocycles. The standard InChI is InChI=1S/C15H10ClF5O2.C15H8ClF5O.C14H6ClF5O2/c16-11-2-1-9(7-10(11)15(19,20)21)23-14-12(17)5-8(3-4-22)6-13(14)18;1-2-8-5-12(17)14(13(18)6-8)22-9-3-4-11(16)10(7-9)15(19,20)21;15-10-2-1-8(5-9(10)14(18,19)20)22-13-11(16)3-7(6-21)4-12(13)17/h1-2,5-7,22H,3-4H2;2-7H,1H2;1-6H. The fraction of sp³-hybridized carbons (Fsp3) is 0.114. The first-order chi connectivity index (χ1) is 31.2. The van der Waals surface area contributed by atoms with Gasteiger partial charge in [-0.05, 0) is 109 Å². The number of ether oxygens (including phenoxy) is 3. The molecular weight excluding hydrogens is 1000 g/mol. The molecule has 23 heteroatoms. The molecule has 0 aromatic heterocycles. The van der Waals surface area contributed by atoms with Crippen molar-refractivity contribution in [3.8, 4) is 34.5 Å². The van der Waals surface area contributed by atoms with Crippen molar-refractivity contribution in [2.75, 3.05) is 6.61 Å². The molecule has 0 bridgehead atoms. The quantitative estimate of drug-likeness (QED) is 0.109. The van der Waals surface area contributed by atoms with E-state index in [1.807, 2.05) is 0 Å². The average Bonchev–Trinajstić information content (AvgIpc) is 3.22. The van der Waals surface area contributed by atoms with Gasteiger partial charge in [-0.25, -0.2) is 26.3 Å². The van der Waals surface area contributed by atoms with E-state index in [-0.39, 0.29) is 41.8 Å². The minimum atomic E-state index is -4.74. The van der Waals surface area contributed by atoms with E-state index in [0.717, 1.165) is 60.7 Å². The first kappa shape index (κ1) is 53.5. The molecule has 0 radical (unpaired) electrons. The third-order valence-corrected chi connectivity index (χ3v) is 9.25. The Kier molecular flexibility index (Phi) is 17.7. The van der Waals surface area contributed by atoms with E-state index in [2.05, 4.69) is 6.58 Å². The third kappa shape index (κ3) is 14.5. The van der Waals surface area contributed by atoms with Gasteiger partial charge >= 0.3 is 18.5 Å². The summed E-state index contributed by atoms with van der Waals surface area (Å²) >= 11 is 16.3. The Morgan fingerprint density at radius 2 is 0.761 bits per heavy atom. The van der Waals surface area contributed by atoms with Gasteiger partial charge in [0.25, 0.3) is 0 Å². The molecule has 67 heavy (non-hydrogen) atoms. The maximum Gasteiger partial charge on any atom is 0.417 e. The molecule has 0 saturated carbocycles. The Hall–Kier alpha value is -6.09. The summed E-state index contributed by atoms with van der Waals surface area (Å²) in [6, 6.07) is 12.8. The van der Waals surface area contributed by atoms with Crippen LogP contribution in [0.15, 0.2) is 97.6 Å². The second-order valence-electron chi connectivity index (χ2n) is 13.0. The number of alkyl halides is 9. The second kappa shape index (κ2) is 22.1. The fourth-order valence-electron chi connectivity index (χ4n) is 5.23. The molecule has 6 aromatic rings. The van der Waals surface area contributed by atoms with Crippen LogP contribution in [0.25, 0.3) is 6.08 Å². The molecule has 0 aliphatic carbocycles. The number of benzene rings is 6. The molecule has 0 aliphatic rings. The maximum atomic E-state index is 13.8. The molecule has 0 amide bonds. The zero-order valence-electron chi connectivity index (χ0n) is 32.8. The van der Waals surface area contributed by atoms with Gasteiger partial charge < -0.3 is 19.3 Å². The third-order valence-electron chi connectivity index (χ3n) is 8.26. The van der Waals surface area contributed by atoms with Crippen LogP contribution >= 0.6 is 34.8 Å². The van der Waals surface area contributed by atoms with Gasteiger partial charge in [0.2, 0.25) is 0 Å². The van der Waals surface area contributed by atoms with E-state index >= 15 is 0 Å². The summed E-state index contributed by atoms with van der Waals surface area (Å²) in [5.74, 6) is -10.5. The van der Waals surface area contributed by atoms with Gasteiger partial charge in [0.15, 0.2) is 52.2 Å². The van der Waals surface area contributed by atoms with Gasteiger partial charge in [0.1, 0.15) is 23.5 Å². The first-order valence-electron chi connectivity index (χ1n) is 17.9. The number of aldehydes is 1. The van der Waals surface area contributed by atoms with Crippen molar-refractivity contribution < 1.29 is 90.0 Å². The van der Waals surface area contributed by atoms with Crippen LogP contribution in [0.1, 0.15) is 38.2 Å². The van der Waals surface area contributed by atoms with Crippen LogP contribution in [0.4, 0.5) is 65.9 Å². The number of carbonyl (C=O) groups excluding carboxylic acids is 1. The van der Waals surface area contributed by atoms with E-state index < -0.39 is 114 Å². The Morgan fingerprint density at radius 1 is 0.478 bits per heavy atom. The SMILES string of the molecule is C=Cc1cc(F)c(Oc2ccc(Cl)c(C(F)(F)F)c2)c(F)c1.O=Cc1cc(F)c(Oc2ccc(Cl)c(C(F)(F)F)c2)c(F)c1.OCCc1cc(F)c(Oc2ccc(Cl)c(C(F)(F)F)c2)c(F)c1. The van der Waals surface area contributed by atoms with Gasteiger partial charge in [-0.15, -0.1) is 0 Å². The van der Waals surface area contributed by atoms with Crippen LogP contribution < -0.4 is 14.2 Å². The molecule has 1 N–H and O–H groups in total. The highest BCUT2D eigenvalue weighted by Crippen LogP contribution is 2.41. The molecule has 0 unspecified atom stereocenters. The molecular formula is C44H24Cl3F15O5. The van der Waals surface area contributed by atoms with Crippen molar-refractivity contribution in [1.29, 1.82) is 0 Å². The van der Waals surface area contributed by atoms with Crippen molar-refractivity contribution in [2.24, 2.45) is 0 Å². The van der Waals surface area contributed by atoms with E-state index in [0.29, 0.717) is 30.3 Å². The molecule has 5 nitrogen and oxygen atoms in total. The molecule has 6 aromatic carbocycles. The lowest BCUT2D eigenvalue weighted by molar-refractivity contribution is -0.138. The summed E-state index contributed by atoms with van der Waals surface area (Å²) in [4.78, 5) is 10.5. The highest BCUT2D eigenvalue weighted by molar-refractivity contribution is 6.32.